The van der Waals surface area contributed by atoms with E-state index in [1.165, 1.54) is 11.8 Å². The molecule has 1 spiro atoms. The van der Waals surface area contributed by atoms with E-state index in [-0.39, 0.29) is 17.0 Å². The Morgan fingerprint density at radius 1 is 1.18 bits per heavy atom. The van der Waals surface area contributed by atoms with E-state index in [0.717, 1.165) is 36.9 Å². The van der Waals surface area contributed by atoms with Crippen molar-refractivity contribution in [1.82, 2.24) is 24.8 Å². The van der Waals surface area contributed by atoms with Gasteiger partial charge in [0.1, 0.15) is 0 Å². The van der Waals surface area contributed by atoms with Crippen molar-refractivity contribution < 1.29 is 4.79 Å². The van der Waals surface area contributed by atoms with Crippen molar-refractivity contribution >= 4 is 16.8 Å². The number of pyridine rings is 1. The summed E-state index contributed by atoms with van der Waals surface area (Å²) in [6.07, 6.45) is 4.45. The Hall–Kier alpha value is -2.93. The average Bonchev–Trinajstić information content (AvgIpc) is 3.20. The van der Waals surface area contributed by atoms with Crippen molar-refractivity contribution in [1.29, 1.82) is 0 Å². The van der Waals surface area contributed by atoms with Gasteiger partial charge in [-0.3, -0.25) is 14.5 Å². The lowest BCUT2D eigenvalue weighted by Gasteiger charge is -2.49. The van der Waals surface area contributed by atoms with Crippen LogP contribution in [-0.2, 0) is 12.0 Å². The molecule has 28 heavy (non-hydrogen) atoms. The van der Waals surface area contributed by atoms with Gasteiger partial charge in [-0.15, -0.1) is 0 Å². The first kappa shape index (κ1) is 17.2. The lowest BCUT2D eigenvalue weighted by Crippen LogP contribution is -2.55. The fourth-order valence-electron chi connectivity index (χ4n) is 4.84. The first-order valence-electron chi connectivity index (χ1n) is 9.74. The van der Waals surface area contributed by atoms with Crippen LogP contribution in [-0.4, -0.2) is 57.3 Å². The SMILES string of the molecule is CN1CCc2[nH]cnc2C12CCN(C(=O)c1cc(=O)[nH]c3ccccc13)CC2. The van der Waals surface area contributed by atoms with E-state index >= 15 is 0 Å². The quantitative estimate of drug-likeness (QED) is 0.678. The standard InChI is InChI=1S/C21H23N5O2/c1-25-9-6-17-19(23-13-22-17)21(25)7-10-26(11-8-21)20(28)15-12-18(27)24-16-5-3-2-4-14(15)16/h2-5,12-13H,6-11H2,1H3,(H,22,23)(H,24,27). The molecule has 144 valence electrons. The summed E-state index contributed by atoms with van der Waals surface area (Å²) < 4.78 is 0. The summed E-state index contributed by atoms with van der Waals surface area (Å²) in [7, 11) is 2.15. The van der Waals surface area contributed by atoms with Crippen LogP contribution in [0, 0.1) is 0 Å². The number of benzene rings is 1. The monoisotopic (exact) mass is 377 g/mol. The highest BCUT2D eigenvalue weighted by Crippen LogP contribution is 2.41. The largest absolute Gasteiger partial charge is 0.348 e. The van der Waals surface area contributed by atoms with Gasteiger partial charge in [-0.05, 0) is 26.0 Å². The molecule has 2 aliphatic heterocycles. The molecule has 2 N–H and O–H groups in total. The van der Waals surface area contributed by atoms with Crippen LogP contribution in [0.2, 0.25) is 0 Å². The molecule has 3 aromatic rings. The molecule has 1 fully saturated rings. The number of imidazole rings is 1. The van der Waals surface area contributed by atoms with E-state index in [1.807, 2.05) is 29.2 Å². The Kier molecular flexibility index (Phi) is 3.87. The van der Waals surface area contributed by atoms with E-state index in [1.54, 1.807) is 6.33 Å². The second kappa shape index (κ2) is 6.31. The molecule has 1 amide bonds. The van der Waals surface area contributed by atoms with Crippen molar-refractivity contribution in [3.63, 3.8) is 0 Å². The predicted molar refractivity (Wildman–Crippen MR) is 106 cm³/mol. The minimum atomic E-state index is -0.247. The molecule has 0 unspecified atom stereocenters. The highest BCUT2D eigenvalue weighted by atomic mass is 16.2. The summed E-state index contributed by atoms with van der Waals surface area (Å²) in [6.45, 7) is 2.29. The third-order valence-electron chi connectivity index (χ3n) is 6.45. The van der Waals surface area contributed by atoms with Crippen LogP contribution in [0.5, 0.6) is 0 Å². The molecule has 1 aromatic carbocycles. The molecule has 1 saturated heterocycles. The number of amides is 1. The third kappa shape index (κ3) is 2.50. The first-order chi connectivity index (χ1) is 13.6. The Morgan fingerprint density at radius 2 is 1.96 bits per heavy atom. The normalized spacial score (nSPS) is 19.1. The van der Waals surface area contributed by atoms with Crippen molar-refractivity contribution in [2.24, 2.45) is 0 Å². The van der Waals surface area contributed by atoms with Crippen molar-refractivity contribution in [2.75, 3.05) is 26.7 Å². The molecule has 4 heterocycles. The molecule has 0 aliphatic carbocycles. The lowest BCUT2D eigenvalue weighted by molar-refractivity contribution is 0.0226. The molecular formula is C21H23N5O2. The second-order valence-electron chi connectivity index (χ2n) is 7.82. The summed E-state index contributed by atoms with van der Waals surface area (Å²) in [6, 6.07) is 8.88. The number of aromatic nitrogens is 3. The van der Waals surface area contributed by atoms with Crippen LogP contribution in [0.4, 0.5) is 0 Å². The first-order valence-corrected chi connectivity index (χ1v) is 9.74. The lowest BCUT2D eigenvalue weighted by atomic mass is 9.79. The van der Waals surface area contributed by atoms with E-state index in [4.69, 9.17) is 0 Å². The van der Waals surface area contributed by atoms with Gasteiger partial charge in [0.2, 0.25) is 5.56 Å². The highest BCUT2D eigenvalue weighted by molar-refractivity contribution is 6.06. The van der Waals surface area contributed by atoms with Crippen LogP contribution in [0.15, 0.2) is 41.5 Å². The maximum atomic E-state index is 13.3. The Morgan fingerprint density at radius 3 is 2.79 bits per heavy atom. The van der Waals surface area contributed by atoms with Gasteiger partial charge < -0.3 is 14.9 Å². The number of aromatic amines is 2. The zero-order valence-corrected chi connectivity index (χ0v) is 15.9. The van der Waals surface area contributed by atoms with Crippen LogP contribution >= 0.6 is 0 Å². The number of likely N-dealkylation sites (N-methyl/N-ethyl adjacent to an activating group) is 1. The number of piperidine rings is 1. The van der Waals surface area contributed by atoms with Gasteiger partial charge in [0.25, 0.3) is 5.91 Å². The van der Waals surface area contributed by atoms with Crippen molar-refractivity contribution in [3.8, 4) is 0 Å². The number of hydrogen-bond acceptors (Lipinski definition) is 4. The van der Waals surface area contributed by atoms with Gasteiger partial charge in [-0.2, -0.15) is 0 Å². The summed E-state index contributed by atoms with van der Waals surface area (Å²) >= 11 is 0. The molecule has 0 bridgehead atoms. The fourth-order valence-corrected chi connectivity index (χ4v) is 4.84. The minimum absolute atomic E-state index is 0.0714. The molecule has 7 nitrogen and oxygen atoms in total. The van der Waals surface area contributed by atoms with E-state index in [0.29, 0.717) is 24.2 Å². The molecule has 2 aromatic heterocycles. The average molecular weight is 377 g/mol. The number of para-hydroxylation sites is 1. The molecule has 7 heteroatoms. The zero-order chi connectivity index (χ0) is 19.3. The molecule has 5 rings (SSSR count). The Labute approximate surface area is 162 Å². The smallest absolute Gasteiger partial charge is 0.254 e. The molecule has 0 radical (unpaired) electrons. The van der Waals surface area contributed by atoms with Crippen LogP contribution in [0.25, 0.3) is 10.9 Å². The van der Waals surface area contributed by atoms with Gasteiger partial charge in [-0.25, -0.2) is 4.98 Å². The molecular weight excluding hydrogens is 354 g/mol. The molecule has 0 saturated carbocycles. The van der Waals surface area contributed by atoms with E-state index < -0.39 is 0 Å². The number of rotatable bonds is 1. The van der Waals surface area contributed by atoms with Crippen LogP contribution < -0.4 is 5.56 Å². The number of H-pyrrole nitrogens is 2. The van der Waals surface area contributed by atoms with Gasteiger partial charge >= 0.3 is 0 Å². The molecule has 0 atom stereocenters. The Bertz CT molecular complexity index is 1110. The summed E-state index contributed by atoms with van der Waals surface area (Å²) in [5, 5.41) is 0.789. The number of carbonyl (C=O) groups excluding carboxylic acids is 1. The predicted octanol–water partition coefficient (Wildman–Crippen LogP) is 1.87. The number of nitrogens with zero attached hydrogens (tertiary/aromatic N) is 3. The number of likely N-dealkylation sites (tertiary alicyclic amines) is 1. The summed E-state index contributed by atoms with van der Waals surface area (Å²) in [5.41, 5.74) is 3.17. The maximum Gasteiger partial charge on any atom is 0.254 e. The fraction of sp³-hybridized carbons (Fsp3) is 0.381. The van der Waals surface area contributed by atoms with E-state index in [2.05, 4.69) is 26.9 Å². The van der Waals surface area contributed by atoms with Gasteiger partial charge in [0.15, 0.2) is 0 Å². The van der Waals surface area contributed by atoms with Crippen molar-refractivity contribution in [2.45, 2.75) is 24.8 Å². The maximum absolute atomic E-state index is 13.3. The Balaban J connectivity index is 1.44. The summed E-state index contributed by atoms with van der Waals surface area (Å²) in [4.78, 5) is 40.3. The van der Waals surface area contributed by atoms with Gasteiger partial charge in [0, 0.05) is 48.7 Å². The van der Waals surface area contributed by atoms with Crippen LogP contribution in [0.1, 0.15) is 34.6 Å². The third-order valence-corrected chi connectivity index (χ3v) is 6.45. The van der Waals surface area contributed by atoms with Gasteiger partial charge in [-0.1, -0.05) is 18.2 Å². The van der Waals surface area contributed by atoms with E-state index in [9.17, 15) is 9.59 Å². The second-order valence-corrected chi connectivity index (χ2v) is 7.82. The zero-order valence-electron chi connectivity index (χ0n) is 15.9. The summed E-state index contributed by atoms with van der Waals surface area (Å²) in [5.74, 6) is -0.0714. The molecule has 2 aliphatic rings. The number of hydrogen-bond donors (Lipinski definition) is 2. The number of fused-ring (bicyclic) bond motifs is 3. The minimum Gasteiger partial charge on any atom is -0.348 e. The number of nitrogens with one attached hydrogen (secondary N) is 2. The topological polar surface area (TPSA) is 85.1 Å². The number of carbonyl (C=O) groups is 1. The van der Waals surface area contributed by atoms with Gasteiger partial charge in [0.05, 0.1) is 23.1 Å². The van der Waals surface area contributed by atoms with Crippen molar-refractivity contribution in [3.05, 3.63) is 64.0 Å². The highest BCUT2D eigenvalue weighted by Gasteiger charge is 2.45. The van der Waals surface area contributed by atoms with Crippen LogP contribution in [0.3, 0.4) is 0 Å².